The molecule has 1 aliphatic carbocycles. The van der Waals surface area contributed by atoms with E-state index in [1.807, 2.05) is 39.0 Å². The van der Waals surface area contributed by atoms with Gasteiger partial charge in [0.05, 0.1) is 16.9 Å². The number of halogens is 3. The summed E-state index contributed by atoms with van der Waals surface area (Å²) < 4.78 is 46.5. The van der Waals surface area contributed by atoms with Gasteiger partial charge in [0.15, 0.2) is 11.3 Å². The van der Waals surface area contributed by atoms with E-state index in [4.69, 9.17) is 0 Å². The summed E-state index contributed by atoms with van der Waals surface area (Å²) in [4.78, 5) is 11.0. The number of pyridine rings is 1. The second-order valence-electron chi connectivity index (χ2n) is 9.98. The van der Waals surface area contributed by atoms with Crippen molar-refractivity contribution in [1.82, 2.24) is 23.8 Å². The molecule has 0 saturated heterocycles. The van der Waals surface area contributed by atoms with E-state index in [0.29, 0.717) is 11.2 Å². The fraction of sp³-hybridized carbons (Fsp3) is 0.481. The van der Waals surface area contributed by atoms with Crippen LogP contribution in [0.25, 0.3) is 22.6 Å². The number of rotatable bonds is 8. The topological polar surface area (TPSA) is 38.4 Å². The molecule has 0 bridgehead atoms. The first-order valence-corrected chi connectivity index (χ1v) is 12.4. The summed E-state index contributed by atoms with van der Waals surface area (Å²) in [6.45, 7) is 9.81. The number of nitrogens with zero attached hydrogens (tertiary/aromatic N) is 5. The highest BCUT2D eigenvalue weighted by atomic mass is 19.4. The second kappa shape index (κ2) is 8.97. The molecule has 35 heavy (non-hydrogen) atoms. The molecule has 3 aromatic heterocycles. The highest BCUT2D eigenvalue weighted by Gasteiger charge is 2.40. The van der Waals surface area contributed by atoms with Crippen LogP contribution in [0.15, 0.2) is 30.5 Å². The van der Waals surface area contributed by atoms with E-state index in [1.54, 1.807) is 21.2 Å². The van der Waals surface area contributed by atoms with Crippen molar-refractivity contribution < 1.29 is 13.2 Å². The summed E-state index contributed by atoms with van der Waals surface area (Å²) in [5.41, 5.74) is 4.52. The van der Waals surface area contributed by atoms with Gasteiger partial charge in [-0.1, -0.05) is 37.5 Å². The van der Waals surface area contributed by atoms with Gasteiger partial charge in [-0.05, 0) is 75.9 Å². The number of aromatic nitrogens is 4. The third kappa shape index (κ3) is 4.44. The zero-order valence-electron chi connectivity index (χ0n) is 20.8. The minimum Gasteiger partial charge on any atom is -0.298 e. The standard InChI is InChI=1S/C27H32F3N5/c1-5-12-33(13-10-20-8-9-20)16-22-24(27(28,29)30)32-26-34(22)21-7-6-11-31-25(21)35(26)23-18(3)14-17(2)15-19(23)4/h6-7,11,14-15,20H,5,8-10,12-13,16H2,1-4H3. The van der Waals surface area contributed by atoms with Gasteiger partial charge in [-0.2, -0.15) is 13.2 Å². The summed E-state index contributed by atoms with van der Waals surface area (Å²) >= 11 is 0. The van der Waals surface area contributed by atoms with Gasteiger partial charge < -0.3 is 0 Å². The molecular formula is C27H32F3N5. The van der Waals surface area contributed by atoms with Crippen molar-refractivity contribution in [3.05, 3.63) is 58.5 Å². The van der Waals surface area contributed by atoms with Crippen molar-refractivity contribution in [2.45, 2.75) is 66.1 Å². The molecule has 186 valence electrons. The van der Waals surface area contributed by atoms with Gasteiger partial charge >= 0.3 is 6.18 Å². The molecule has 4 aromatic rings. The average Bonchev–Trinajstić information content (AvgIpc) is 3.46. The van der Waals surface area contributed by atoms with Crippen LogP contribution in [0.4, 0.5) is 13.2 Å². The number of benzene rings is 1. The minimum absolute atomic E-state index is 0.191. The highest BCUT2D eigenvalue weighted by molar-refractivity contribution is 5.81. The van der Waals surface area contributed by atoms with Gasteiger partial charge in [0.2, 0.25) is 5.78 Å². The first-order valence-electron chi connectivity index (χ1n) is 12.4. The summed E-state index contributed by atoms with van der Waals surface area (Å²) in [5, 5.41) is 0. The summed E-state index contributed by atoms with van der Waals surface area (Å²) in [7, 11) is 0. The Morgan fingerprint density at radius 3 is 2.43 bits per heavy atom. The molecule has 0 N–H and O–H groups in total. The smallest absolute Gasteiger partial charge is 0.298 e. The lowest BCUT2D eigenvalue weighted by molar-refractivity contribution is -0.141. The molecule has 8 heteroatoms. The Bertz CT molecular complexity index is 1350. The monoisotopic (exact) mass is 483 g/mol. The third-order valence-electron chi connectivity index (χ3n) is 6.97. The Morgan fingerprint density at radius 2 is 1.80 bits per heavy atom. The predicted molar refractivity (Wildman–Crippen MR) is 132 cm³/mol. The zero-order valence-corrected chi connectivity index (χ0v) is 20.8. The lowest BCUT2D eigenvalue weighted by Crippen LogP contribution is -2.27. The van der Waals surface area contributed by atoms with E-state index in [9.17, 15) is 13.2 Å². The number of imidazole rings is 2. The lowest BCUT2D eigenvalue weighted by atomic mass is 10.1. The maximum atomic E-state index is 14.4. The molecule has 0 radical (unpaired) electrons. The molecule has 0 amide bonds. The Balaban J connectivity index is 1.75. The number of fused-ring (bicyclic) bond motifs is 3. The number of hydrogen-bond donors (Lipinski definition) is 0. The molecule has 5 nitrogen and oxygen atoms in total. The molecule has 3 heterocycles. The van der Waals surface area contributed by atoms with Gasteiger partial charge in [0, 0.05) is 12.7 Å². The van der Waals surface area contributed by atoms with Crippen LogP contribution in [0.1, 0.15) is 60.7 Å². The van der Waals surface area contributed by atoms with Crippen LogP contribution in [0.3, 0.4) is 0 Å². The van der Waals surface area contributed by atoms with Crippen LogP contribution in [0, 0.1) is 26.7 Å². The van der Waals surface area contributed by atoms with Crippen LogP contribution in [-0.4, -0.2) is 36.9 Å². The van der Waals surface area contributed by atoms with Crippen LogP contribution in [0.5, 0.6) is 0 Å². The molecule has 1 aliphatic rings. The molecule has 1 fully saturated rings. The maximum Gasteiger partial charge on any atom is 0.435 e. The highest BCUT2D eigenvalue weighted by Crippen LogP contribution is 2.37. The van der Waals surface area contributed by atoms with Gasteiger partial charge in [-0.15, -0.1) is 0 Å². The van der Waals surface area contributed by atoms with Crippen molar-refractivity contribution in [3.63, 3.8) is 0 Å². The van der Waals surface area contributed by atoms with Crippen LogP contribution in [-0.2, 0) is 12.7 Å². The average molecular weight is 484 g/mol. The molecule has 0 aliphatic heterocycles. The molecule has 1 saturated carbocycles. The maximum absolute atomic E-state index is 14.4. The van der Waals surface area contributed by atoms with Crippen LogP contribution in [0.2, 0.25) is 0 Å². The van der Waals surface area contributed by atoms with Crippen molar-refractivity contribution in [2.75, 3.05) is 13.1 Å². The van der Waals surface area contributed by atoms with E-state index in [1.165, 1.54) is 12.8 Å². The second-order valence-corrected chi connectivity index (χ2v) is 9.98. The predicted octanol–water partition coefficient (Wildman–Crippen LogP) is 6.63. The zero-order chi connectivity index (χ0) is 24.9. The first-order chi connectivity index (χ1) is 16.7. The third-order valence-corrected chi connectivity index (χ3v) is 6.97. The minimum atomic E-state index is -4.55. The number of hydrogen-bond acceptors (Lipinski definition) is 3. The SMILES string of the molecule is CCCN(CCC1CC1)Cc1c(C(F)(F)F)nc2n(-c3c(C)cc(C)cc3C)c3ncccc3n12. The largest absolute Gasteiger partial charge is 0.435 e. The van der Waals surface area contributed by atoms with E-state index >= 15 is 0 Å². The lowest BCUT2D eigenvalue weighted by Gasteiger charge is -2.22. The molecule has 5 rings (SSSR count). The molecule has 0 atom stereocenters. The number of aryl methyl sites for hydroxylation is 3. The van der Waals surface area contributed by atoms with Crippen LogP contribution < -0.4 is 0 Å². The van der Waals surface area contributed by atoms with Crippen molar-refractivity contribution in [1.29, 1.82) is 0 Å². The molecule has 0 spiro atoms. The molecule has 0 unspecified atom stereocenters. The van der Waals surface area contributed by atoms with E-state index < -0.39 is 11.9 Å². The van der Waals surface area contributed by atoms with E-state index in [-0.39, 0.29) is 18.0 Å². The molecule has 1 aromatic carbocycles. The van der Waals surface area contributed by atoms with E-state index in [2.05, 4.69) is 21.8 Å². The summed E-state index contributed by atoms with van der Waals surface area (Å²) in [5.74, 6) is 0.982. The quantitative estimate of drug-likeness (QED) is 0.282. The summed E-state index contributed by atoms with van der Waals surface area (Å²) in [6, 6.07) is 7.70. The Labute approximate surface area is 203 Å². The van der Waals surface area contributed by atoms with Gasteiger partial charge in [-0.3, -0.25) is 13.9 Å². The van der Waals surface area contributed by atoms with E-state index in [0.717, 1.165) is 54.2 Å². The summed E-state index contributed by atoms with van der Waals surface area (Å²) in [6.07, 6.45) is 1.53. The molecular weight excluding hydrogens is 451 g/mol. The Kier molecular flexibility index (Phi) is 6.11. The Hall–Kier alpha value is -2.87. The van der Waals surface area contributed by atoms with Gasteiger partial charge in [-0.25, -0.2) is 9.97 Å². The fourth-order valence-corrected chi connectivity index (χ4v) is 5.35. The first kappa shape index (κ1) is 23.9. The fourth-order valence-electron chi connectivity index (χ4n) is 5.35. The Morgan fingerprint density at radius 1 is 1.09 bits per heavy atom. The van der Waals surface area contributed by atoms with Crippen molar-refractivity contribution >= 4 is 16.9 Å². The van der Waals surface area contributed by atoms with Gasteiger partial charge in [0.1, 0.15) is 0 Å². The normalized spacial score (nSPS) is 14.6. The van der Waals surface area contributed by atoms with Gasteiger partial charge in [0.25, 0.3) is 0 Å². The number of alkyl halides is 3. The van der Waals surface area contributed by atoms with Crippen molar-refractivity contribution in [3.8, 4) is 5.69 Å². The van der Waals surface area contributed by atoms with Crippen LogP contribution >= 0.6 is 0 Å². The van der Waals surface area contributed by atoms with Crippen molar-refractivity contribution in [2.24, 2.45) is 5.92 Å².